The molecule has 0 radical (unpaired) electrons. The van der Waals surface area contributed by atoms with E-state index in [0.717, 1.165) is 10.0 Å². The summed E-state index contributed by atoms with van der Waals surface area (Å²) in [7, 11) is 0. The molecule has 1 aromatic rings. The van der Waals surface area contributed by atoms with Crippen molar-refractivity contribution in [1.29, 1.82) is 0 Å². The lowest BCUT2D eigenvalue weighted by Gasteiger charge is -2.24. The summed E-state index contributed by atoms with van der Waals surface area (Å²) in [6.07, 6.45) is -0.106. The first-order valence-electron chi connectivity index (χ1n) is 5.04. The van der Waals surface area contributed by atoms with E-state index in [-0.39, 0.29) is 0 Å². The van der Waals surface area contributed by atoms with E-state index in [1.807, 2.05) is 39.0 Å². The first-order valence-corrected chi connectivity index (χ1v) is 5.83. The predicted octanol–water partition coefficient (Wildman–Crippen LogP) is 3.17. The molecular weight excluding hydrogens is 270 g/mol. The second-order valence-corrected chi connectivity index (χ2v) is 5.30. The molecule has 1 amide bonds. The van der Waals surface area contributed by atoms with Crippen molar-refractivity contribution in [3.05, 3.63) is 33.8 Å². The fraction of sp³-hybridized carbons (Fsp3) is 0.417. The van der Waals surface area contributed by atoms with E-state index in [9.17, 15) is 4.79 Å². The van der Waals surface area contributed by atoms with Gasteiger partial charge in [-0.3, -0.25) is 0 Å². The maximum absolute atomic E-state index is 10.7. The van der Waals surface area contributed by atoms with E-state index in [2.05, 4.69) is 15.9 Å². The lowest BCUT2D eigenvalue weighted by Crippen LogP contribution is -2.33. The zero-order chi connectivity index (χ0) is 12.3. The van der Waals surface area contributed by atoms with Gasteiger partial charge in [0.15, 0.2) is 0 Å². The van der Waals surface area contributed by atoms with Gasteiger partial charge in [0, 0.05) is 10.9 Å². The van der Waals surface area contributed by atoms with Crippen LogP contribution < -0.4 is 5.73 Å². The summed E-state index contributed by atoms with van der Waals surface area (Å²) >= 11 is 3.47. The Labute approximate surface area is 104 Å². The van der Waals surface area contributed by atoms with Crippen LogP contribution in [0.15, 0.2) is 22.7 Å². The first-order chi connectivity index (χ1) is 7.30. The number of carbonyl (C=O) groups excluding carboxylic acids is 1. The van der Waals surface area contributed by atoms with Crippen LogP contribution in [0, 0.1) is 6.92 Å². The third-order valence-electron chi connectivity index (χ3n) is 2.24. The molecular formula is C12H16BrNO2. The van der Waals surface area contributed by atoms with Crippen LogP contribution in [0.25, 0.3) is 0 Å². The van der Waals surface area contributed by atoms with Gasteiger partial charge in [-0.2, -0.15) is 0 Å². The number of halogens is 1. The Morgan fingerprint density at radius 3 is 2.62 bits per heavy atom. The second kappa shape index (κ2) is 4.87. The molecule has 0 spiro atoms. The molecule has 1 rings (SSSR count). The highest BCUT2D eigenvalue weighted by atomic mass is 79.9. The van der Waals surface area contributed by atoms with E-state index in [0.29, 0.717) is 6.42 Å². The highest BCUT2D eigenvalue weighted by molar-refractivity contribution is 9.10. The molecule has 1 aromatic carbocycles. The summed E-state index contributed by atoms with van der Waals surface area (Å²) in [5.74, 6) is 0. The fourth-order valence-electron chi connectivity index (χ4n) is 1.55. The number of hydrogen-bond donors (Lipinski definition) is 1. The van der Waals surface area contributed by atoms with Crippen molar-refractivity contribution in [2.24, 2.45) is 5.73 Å². The first kappa shape index (κ1) is 13.0. The van der Waals surface area contributed by atoms with Crippen molar-refractivity contribution in [3.63, 3.8) is 0 Å². The average molecular weight is 286 g/mol. The Morgan fingerprint density at radius 1 is 1.50 bits per heavy atom. The van der Waals surface area contributed by atoms with Gasteiger partial charge in [-0.05, 0) is 38.0 Å². The van der Waals surface area contributed by atoms with E-state index >= 15 is 0 Å². The van der Waals surface area contributed by atoms with Gasteiger partial charge >= 0.3 is 6.09 Å². The highest BCUT2D eigenvalue weighted by Gasteiger charge is 2.22. The molecule has 3 nitrogen and oxygen atoms in total. The smallest absolute Gasteiger partial charge is 0.405 e. The van der Waals surface area contributed by atoms with Gasteiger partial charge in [0.2, 0.25) is 0 Å². The van der Waals surface area contributed by atoms with E-state index < -0.39 is 11.7 Å². The number of benzene rings is 1. The Kier molecular flexibility index (Phi) is 3.97. The molecule has 0 saturated heterocycles. The maximum Gasteiger partial charge on any atom is 0.405 e. The summed E-state index contributed by atoms with van der Waals surface area (Å²) in [5.41, 5.74) is 6.71. The second-order valence-electron chi connectivity index (χ2n) is 4.44. The van der Waals surface area contributed by atoms with Gasteiger partial charge in [0.25, 0.3) is 0 Å². The number of nitrogens with two attached hydrogens (primary N) is 1. The van der Waals surface area contributed by atoms with Crippen molar-refractivity contribution < 1.29 is 9.53 Å². The van der Waals surface area contributed by atoms with Gasteiger partial charge < -0.3 is 10.5 Å². The van der Waals surface area contributed by atoms with E-state index in [1.165, 1.54) is 5.56 Å². The van der Waals surface area contributed by atoms with E-state index in [4.69, 9.17) is 10.5 Å². The Balaban J connectivity index is 2.79. The topological polar surface area (TPSA) is 52.3 Å². The Bertz CT molecular complexity index is 402. The molecule has 0 bridgehead atoms. The molecule has 0 heterocycles. The number of primary amides is 1. The number of rotatable bonds is 3. The third-order valence-corrected chi connectivity index (χ3v) is 3.10. The van der Waals surface area contributed by atoms with Gasteiger partial charge in [0.1, 0.15) is 5.60 Å². The monoisotopic (exact) mass is 285 g/mol. The molecule has 4 heteroatoms. The highest BCUT2D eigenvalue weighted by Crippen LogP contribution is 2.22. The molecule has 0 saturated carbocycles. The number of amides is 1. The summed E-state index contributed by atoms with van der Waals surface area (Å²) < 4.78 is 6.09. The van der Waals surface area contributed by atoms with Crippen LogP contribution in [0.2, 0.25) is 0 Å². The van der Waals surface area contributed by atoms with Crippen LogP contribution in [0.4, 0.5) is 4.79 Å². The lowest BCUT2D eigenvalue weighted by molar-refractivity contribution is 0.0460. The van der Waals surface area contributed by atoms with Crippen molar-refractivity contribution in [3.8, 4) is 0 Å². The third kappa shape index (κ3) is 3.85. The number of ether oxygens (including phenoxy) is 1. The lowest BCUT2D eigenvalue weighted by atomic mass is 9.98. The summed E-state index contributed by atoms with van der Waals surface area (Å²) in [5, 5.41) is 0. The zero-order valence-electron chi connectivity index (χ0n) is 9.71. The number of carbonyl (C=O) groups is 1. The maximum atomic E-state index is 10.7. The standard InChI is InChI=1S/C12H16BrNO2/c1-8-4-5-9(6-10(8)13)7-12(2,3)16-11(14)15/h4-6H,7H2,1-3H3,(H2,14,15). The fourth-order valence-corrected chi connectivity index (χ4v) is 1.97. The quantitative estimate of drug-likeness (QED) is 0.927. The van der Waals surface area contributed by atoms with Crippen LogP contribution in [-0.2, 0) is 11.2 Å². The minimum absolute atomic E-state index is 0.583. The van der Waals surface area contributed by atoms with Gasteiger partial charge in [-0.25, -0.2) is 4.79 Å². The molecule has 0 aliphatic rings. The normalized spacial score (nSPS) is 11.2. The zero-order valence-corrected chi connectivity index (χ0v) is 11.3. The van der Waals surface area contributed by atoms with Crippen LogP contribution in [-0.4, -0.2) is 11.7 Å². The molecule has 2 N–H and O–H groups in total. The van der Waals surface area contributed by atoms with Crippen LogP contribution in [0.5, 0.6) is 0 Å². The molecule has 88 valence electrons. The number of hydrogen-bond acceptors (Lipinski definition) is 2. The van der Waals surface area contributed by atoms with Gasteiger partial charge in [-0.15, -0.1) is 0 Å². The molecule has 0 aliphatic carbocycles. The predicted molar refractivity (Wildman–Crippen MR) is 67.3 cm³/mol. The summed E-state index contributed by atoms with van der Waals surface area (Å²) in [6.45, 7) is 5.70. The molecule has 0 fully saturated rings. The Morgan fingerprint density at radius 2 is 2.12 bits per heavy atom. The SMILES string of the molecule is Cc1ccc(CC(C)(C)OC(N)=O)cc1Br. The molecule has 0 aromatic heterocycles. The average Bonchev–Trinajstić information content (AvgIpc) is 2.08. The largest absolute Gasteiger partial charge is 0.443 e. The molecule has 16 heavy (non-hydrogen) atoms. The number of aryl methyl sites for hydroxylation is 1. The molecule has 0 unspecified atom stereocenters. The summed E-state index contributed by atoms with van der Waals surface area (Å²) in [4.78, 5) is 10.7. The minimum atomic E-state index is -0.740. The van der Waals surface area contributed by atoms with Gasteiger partial charge in [0.05, 0.1) is 0 Å². The Hall–Kier alpha value is -1.03. The minimum Gasteiger partial charge on any atom is -0.443 e. The van der Waals surface area contributed by atoms with Crippen molar-refractivity contribution in [2.75, 3.05) is 0 Å². The van der Waals surface area contributed by atoms with E-state index in [1.54, 1.807) is 0 Å². The van der Waals surface area contributed by atoms with Crippen molar-refractivity contribution >= 4 is 22.0 Å². The van der Waals surface area contributed by atoms with Gasteiger partial charge in [-0.1, -0.05) is 28.1 Å². The van der Waals surface area contributed by atoms with Crippen LogP contribution in [0.3, 0.4) is 0 Å². The molecule has 0 aliphatic heterocycles. The molecule has 0 atom stereocenters. The van der Waals surface area contributed by atoms with Crippen molar-refractivity contribution in [2.45, 2.75) is 32.8 Å². The van der Waals surface area contributed by atoms with Crippen LogP contribution >= 0.6 is 15.9 Å². The summed E-state index contributed by atoms with van der Waals surface area (Å²) in [6, 6.07) is 6.08. The van der Waals surface area contributed by atoms with Crippen molar-refractivity contribution in [1.82, 2.24) is 0 Å². The van der Waals surface area contributed by atoms with Crippen LogP contribution in [0.1, 0.15) is 25.0 Å².